The second-order valence-electron chi connectivity index (χ2n) is 6.23. The molecule has 1 rings (SSSR count). The van der Waals surface area contributed by atoms with E-state index in [2.05, 4.69) is 26.1 Å². The molecule has 4 heteroatoms. The van der Waals surface area contributed by atoms with E-state index >= 15 is 0 Å². The van der Waals surface area contributed by atoms with Crippen LogP contribution in [-0.2, 0) is 0 Å². The van der Waals surface area contributed by atoms with E-state index < -0.39 is 12.6 Å². The van der Waals surface area contributed by atoms with Crippen molar-refractivity contribution in [1.82, 2.24) is 5.32 Å². The molecule has 102 valence electrons. The molecule has 0 saturated heterocycles. The summed E-state index contributed by atoms with van der Waals surface area (Å²) in [4.78, 5) is 0. The molecule has 1 aliphatic carbocycles. The first-order valence-corrected chi connectivity index (χ1v) is 6.48. The number of hydrogen-bond donors (Lipinski definition) is 1. The lowest BCUT2D eigenvalue weighted by atomic mass is 9.71. The minimum Gasteiger partial charge on any atom is -0.314 e. The molecule has 0 bridgehead atoms. The van der Waals surface area contributed by atoms with Gasteiger partial charge in [-0.1, -0.05) is 20.8 Å². The van der Waals surface area contributed by atoms with Crippen LogP contribution in [-0.4, -0.2) is 18.8 Å². The molecule has 1 fully saturated rings. The molecule has 0 aromatic heterocycles. The van der Waals surface area contributed by atoms with Gasteiger partial charge in [0.25, 0.3) is 0 Å². The van der Waals surface area contributed by atoms with Crippen LogP contribution >= 0.6 is 0 Å². The fourth-order valence-electron chi connectivity index (χ4n) is 2.58. The van der Waals surface area contributed by atoms with Crippen LogP contribution in [0.5, 0.6) is 0 Å². The third-order valence-electron chi connectivity index (χ3n) is 3.79. The smallest absolute Gasteiger partial charge is 0.314 e. The molecule has 0 aliphatic heterocycles. The summed E-state index contributed by atoms with van der Waals surface area (Å²) in [5, 5.41) is 3.03. The van der Waals surface area contributed by atoms with Crippen molar-refractivity contribution in [3.8, 4) is 0 Å². The molecule has 1 aliphatic rings. The molecule has 0 amide bonds. The van der Waals surface area contributed by atoms with Gasteiger partial charge in [0, 0.05) is 12.6 Å². The molecular formula is C13H24F3N. The Balaban J connectivity index is 2.20. The Morgan fingerprint density at radius 1 is 1.00 bits per heavy atom. The largest absolute Gasteiger partial charge is 0.390 e. The van der Waals surface area contributed by atoms with E-state index in [4.69, 9.17) is 0 Å². The Labute approximate surface area is 102 Å². The van der Waals surface area contributed by atoms with E-state index in [1.807, 2.05) is 0 Å². The first-order chi connectivity index (χ1) is 7.68. The summed E-state index contributed by atoms with van der Waals surface area (Å²) in [6.45, 7) is 6.80. The van der Waals surface area contributed by atoms with Crippen LogP contribution in [0.15, 0.2) is 0 Å². The van der Waals surface area contributed by atoms with Crippen LogP contribution < -0.4 is 5.32 Å². The summed E-state index contributed by atoms with van der Waals surface area (Å²) in [6, 6.07) is 0.288. The third kappa shape index (κ3) is 5.75. The number of halogens is 3. The molecule has 17 heavy (non-hydrogen) atoms. The normalized spacial score (nSPS) is 27.2. The van der Waals surface area contributed by atoms with E-state index in [0.717, 1.165) is 25.7 Å². The minimum atomic E-state index is -4.03. The number of hydrogen-bond acceptors (Lipinski definition) is 1. The summed E-state index contributed by atoms with van der Waals surface area (Å²) >= 11 is 0. The topological polar surface area (TPSA) is 12.0 Å². The van der Waals surface area contributed by atoms with Crippen LogP contribution in [0.25, 0.3) is 0 Å². The summed E-state index contributed by atoms with van der Waals surface area (Å²) in [5.74, 6) is 0.711. The molecular weight excluding hydrogens is 227 g/mol. The lowest BCUT2D eigenvalue weighted by Gasteiger charge is -2.37. The highest BCUT2D eigenvalue weighted by molar-refractivity contribution is 4.83. The van der Waals surface area contributed by atoms with Gasteiger partial charge in [-0.2, -0.15) is 13.2 Å². The zero-order valence-electron chi connectivity index (χ0n) is 11.0. The van der Waals surface area contributed by atoms with Crippen molar-refractivity contribution in [2.45, 2.75) is 65.1 Å². The molecule has 0 unspecified atom stereocenters. The molecule has 0 atom stereocenters. The van der Waals surface area contributed by atoms with Crippen LogP contribution in [0, 0.1) is 11.3 Å². The van der Waals surface area contributed by atoms with Gasteiger partial charge < -0.3 is 5.32 Å². The molecule has 0 heterocycles. The van der Waals surface area contributed by atoms with Gasteiger partial charge >= 0.3 is 6.18 Å². The van der Waals surface area contributed by atoms with Gasteiger partial charge in [0.15, 0.2) is 0 Å². The molecule has 0 aromatic carbocycles. The van der Waals surface area contributed by atoms with Crippen LogP contribution in [0.4, 0.5) is 13.2 Å². The van der Waals surface area contributed by atoms with Crippen molar-refractivity contribution in [2.75, 3.05) is 6.54 Å². The van der Waals surface area contributed by atoms with Crippen molar-refractivity contribution < 1.29 is 13.2 Å². The van der Waals surface area contributed by atoms with E-state index in [-0.39, 0.29) is 12.6 Å². The highest BCUT2D eigenvalue weighted by atomic mass is 19.4. The van der Waals surface area contributed by atoms with Gasteiger partial charge in [0.05, 0.1) is 6.42 Å². The maximum atomic E-state index is 12.0. The average molecular weight is 251 g/mol. The van der Waals surface area contributed by atoms with Crippen LogP contribution in [0.2, 0.25) is 0 Å². The molecule has 0 aromatic rings. The second-order valence-corrected chi connectivity index (χ2v) is 6.23. The van der Waals surface area contributed by atoms with Gasteiger partial charge in [-0.3, -0.25) is 0 Å². The number of nitrogens with one attached hydrogen (secondary N) is 1. The Hall–Kier alpha value is -0.250. The van der Waals surface area contributed by atoms with E-state index in [1.54, 1.807) is 0 Å². The van der Waals surface area contributed by atoms with Crippen LogP contribution in [0.3, 0.4) is 0 Å². The average Bonchev–Trinajstić information content (AvgIpc) is 2.15. The molecule has 0 radical (unpaired) electrons. The predicted molar refractivity (Wildman–Crippen MR) is 63.9 cm³/mol. The lowest BCUT2D eigenvalue weighted by molar-refractivity contribution is -0.133. The van der Waals surface area contributed by atoms with E-state index in [1.165, 1.54) is 0 Å². The zero-order chi connectivity index (χ0) is 13.1. The van der Waals surface area contributed by atoms with Gasteiger partial charge in [0.2, 0.25) is 0 Å². The standard InChI is InChI=1S/C13H24F3N/c1-12(2,3)10-4-6-11(7-5-10)17-9-8-13(14,15)16/h10-11,17H,4-9H2,1-3H3. The Kier molecular flexibility index (Phi) is 4.87. The Morgan fingerprint density at radius 2 is 1.53 bits per heavy atom. The molecule has 1 N–H and O–H groups in total. The SMILES string of the molecule is CC(C)(C)C1CCC(NCCC(F)(F)F)CC1. The van der Waals surface area contributed by atoms with Crippen molar-refractivity contribution in [2.24, 2.45) is 11.3 Å². The van der Waals surface area contributed by atoms with Gasteiger partial charge in [-0.05, 0) is 37.0 Å². The number of rotatable bonds is 3. The Morgan fingerprint density at radius 3 is 1.94 bits per heavy atom. The number of alkyl halides is 3. The lowest BCUT2D eigenvalue weighted by Crippen LogP contribution is -2.37. The van der Waals surface area contributed by atoms with Crippen molar-refractivity contribution in [3.05, 3.63) is 0 Å². The molecule has 1 nitrogen and oxygen atoms in total. The highest BCUT2D eigenvalue weighted by Gasteiger charge is 2.30. The van der Waals surface area contributed by atoms with Crippen molar-refractivity contribution >= 4 is 0 Å². The minimum absolute atomic E-state index is 0.0638. The van der Waals surface area contributed by atoms with E-state index in [0.29, 0.717) is 11.3 Å². The van der Waals surface area contributed by atoms with Crippen molar-refractivity contribution in [3.63, 3.8) is 0 Å². The van der Waals surface area contributed by atoms with Crippen molar-refractivity contribution in [1.29, 1.82) is 0 Å². The molecule has 1 saturated carbocycles. The third-order valence-corrected chi connectivity index (χ3v) is 3.79. The maximum Gasteiger partial charge on any atom is 0.390 e. The van der Waals surface area contributed by atoms with Crippen LogP contribution in [0.1, 0.15) is 52.9 Å². The monoisotopic (exact) mass is 251 g/mol. The van der Waals surface area contributed by atoms with Gasteiger partial charge in [-0.25, -0.2) is 0 Å². The fourth-order valence-corrected chi connectivity index (χ4v) is 2.58. The summed E-state index contributed by atoms with van der Waals surface area (Å²) in [7, 11) is 0. The predicted octanol–water partition coefficient (Wildman–Crippen LogP) is 4.13. The first-order valence-electron chi connectivity index (χ1n) is 6.48. The zero-order valence-corrected chi connectivity index (χ0v) is 11.0. The fraction of sp³-hybridized carbons (Fsp3) is 1.00. The van der Waals surface area contributed by atoms with Gasteiger partial charge in [0.1, 0.15) is 0 Å². The van der Waals surface area contributed by atoms with Gasteiger partial charge in [-0.15, -0.1) is 0 Å². The highest BCUT2D eigenvalue weighted by Crippen LogP contribution is 2.37. The summed E-state index contributed by atoms with van der Waals surface area (Å²) < 4.78 is 36.0. The quantitative estimate of drug-likeness (QED) is 0.795. The second kappa shape index (κ2) is 5.59. The summed E-state index contributed by atoms with van der Waals surface area (Å²) in [5.41, 5.74) is 0.330. The Bertz CT molecular complexity index is 219. The molecule has 0 spiro atoms. The maximum absolute atomic E-state index is 12.0. The summed E-state index contributed by atoms with van der Waals surface area (Å²) in [6.07, 6.45) is -0.457. The first kappa shape index (κ1) is 14.8. The van der Waals surface area contributed by atoms with E-state index in [9.17, 15) is 13.2 Å².